The highest BCUT2D eigenvalue weighted by Gasteiger charge is 2.55. The van der Waals surface area contributed by atoms with Crippen LogP contribution in [0.4, 0.5) is 5.82 Å². The lowest BCUT2D eigenvalue weighted by Crippen LogP contribution is -2.28. The average Bonchev–Trinajstić information content (AvgIpc) is 3.19. The van der Waals surface area contributed by atoms with Crippen LogP contribution in [0.3, 0.4) is 0 Å². The normalized spacial score (nSPS) is 30.1. The van der Waals surface area contributed by atoms with Crippen LogP contribution >= 0.6 is 23.4 Å². The van der Waals surface area contributed by atoms with Crippen molar-refractivity contribution in [3.63, 3.8) is 0 Å². The highest BCUT2D eigenvalue weighted by Crippen LogP contribution is 2.48. The number of nitrogens with zero attached hydrogens (tertiary/aromatic N) is 5. The standard InChI is InChI=1S/C26H33ClN6O3S/c1-5-8-37-25-29-23(28-18-11-16(18)14-7-6-13(2)17(27)9-14)20-24(30-25)33(32-31-20)19-10-15(12-34)21-22(19)36-26(3,4)35-21/h6-7,9,15-16,18-19,21-22,34H,5,8,10-12H2,1-4H3,(H,28,29,30). The Morgan fingerprint density at radius 2 is 2.03 bits per heavy atom. The number of hydrogen-bond acceptors (Lipinski definition) is 9. The minimum Gasteiger partial charge on any atom is -0.396 e. The van der Waals surface area contributed by atoms with Gasteiger partial charge in [-0.05, 0) is 57.2 Å². The van der Waals surface area contributed by atoms with Crippen LogP contribution in [0.25, 0.3) is 11.2 Å². The number of ether oxygens (including phenoxy) is 2. The molecule has 6 unspecified atom stereocenters. The molecule has 3 aromatic rings. The van der Waals surface area contributed by atoms with Crippen LogP contribution in [0.5, 0.6) is 0 Å². The number of anilines is 1. The van der Waals surface area contributed by atoms with Gasteiger partial charge < -0.3 is 19.9 Å². The van der Waals surface area contributed by atoms with Crippen molar-refractivity contribution in [2.24, 2.45) is 5.92 Å². The molecule has 1 saturated heterocycles. The molecule has 2 saturated carbocycles. The molecule has 37 heavy (non-hydrogen) atoms. The van der Waals surface area contributed by atoms with Gasteiger partial charge in [0.1, 0.15) is 6.10 Å². The van der Waals surface area contributed by atoms with Crippen molar-refractivity contribution in [1.82, 2.24) is 25.0 Å². The van der Waals surface area contributed by atoms with E-state index in [2.05, 4.69) is 40.8 Å². The van der Waals surface area contributed by atoms with Gasteiger partial charge in [0.15, 0.2) is 27.9 Å². The fourth-order valence-electron chi connectivity index (χ4n) is 5.61. The van der Waals surface area contributed by atoms with E-state index in [1.165, 1.54) is 5.56 Å². The van der Waals surface area contributed by atoms with E-state index in [9.17, 15) is 5.11 Å². The number of aliphatic hydroxyl groups is 1. The Morgan fingerprint density at radius 3 is 2.78 bits per heavy atom. The molecule has 0 bridgehead atoms. The summed E-state index contributed by atoms with van der Waals surface area (Å²) in [6.07, 6.45) is 2.29. The maximum atomic E-state index is 10.0. The van der Waals surface area contributed by atoms with Crippen molar-refractivity contribution >= 4 is 40.3 Å². The van der Waals surface area contributed by atoms with Gasteiger partial charge in [0.05, 0.1) is 12.1 Å². The van der Waals surface area contributed by atoms with Crippen LogP contribution < -0.4 is 5.32 Å². The zero-order valence-corrected chi connectivity index (χ0v) is 23.1. The molecule has 6 rings (SSSR count). The van der Waals surface area contributed by atoms with Crippen molar-refractivity contribution in [2.45, 2.75) is 88.1 Å². The third kappa shape index (κ3) is 4.71. The summed E-state index contributed by atoms with van der Waals surface area (Å²) in [7, 11) is 0. The minimum absolute atomic E-state index is 0.0297. The molecule has 2 aromatic heterocycles. The largest absolute Gasteiger partial charge is 0.396 e. The molecule has 1 aromatic carbocycles. The molecule has 0 radical (unpaired) electrons. The SMILES string of the molecule is CCCSc1nc(NC2CC2c2ccc(C)c(Cl)c2)c2nnn(C3CC(CO)C4OC(C)(C)OC43)c2n1. The van der Waals surface area contributed by atoms with Crippen molar-refractivity contribution in [3.8, 4) is 0 Å². The third-order valence-corrected chi connectivity index (χ3v) is 9.04. The van der Waals surface area contributed by atoms with Crippen LogP contribution in [-0.4, -0.2) is 66.5 Å². The first kappa shape index (κ1) is 25.3. The molecule has 3 fully saturated rings. The Balaban J connectivity index is 1.32. The number of fused-ring (bicyclic) bond motifs is 2. The molecule has 3 heterocycles. The van der Waals surface area contributed by atoms with Gasteiger partial charge in [-0.3, -0.25) is 0 Å². The van der Waals surface area contributed by atoms with E-state index in [-0.39, 0.29) is 36.8 Å². The van der Waals surface area contributed by atoms with Gasteiger partial charge in [-0.1, -0.05) is 47.6 Å². The van der Waals surface area contributed by atoms with E-state index in [0.29, 0.717) is 34.5 Å². The molecule has 6 atom stereocenters. The van der Waals surface area contributed by atoms with Crippen molar-refractivity contribution in [2.75, 3.05) is 17.7 Å². The summed E-state index contributed by atoms with van der Waals surface area (Å²) in [5, 5.41) is 24.2. The van der Waals surface area contributed by atoms with Crippen LogP contribution in [0.2, 0.25) is 5.02 Å². The first-order chi connectivity index (χ1) is 17.8. The second-order valence-corrected chi connectivity index (χ2v) is 12.3. The Labute approximate surface area is 225 Å². The van der Waals surface area contributed by atoms with Gasteiger partial charge in [-0.2, -0.15) is 0 Å². The maximum absolute atomic E-state index is 10.0. The van der Waals surface area contributed by atoms with E-state index in [1.807, 2.05) is 25.5 Å². The Bertz CT molecular complexity index is 1320. The Kier molecular flexibility index (Phi) is 6.60. The lowest BCUT2D eigenvalue weighted by atomic mass is 10.1. The van der Waals surface area contributed by atoms with E-state index in [0.717, 1.165) is 29.2 Å². The zero-order chi connectivity index (χ0) is 25.9. The predicted molar refractivity (Wildman–Crippen MR) is 143 cm³/mol. The number of aryl methyl sites for hydroxylation is 1. The van der Waals surface area contributed by atoms with Crippen LogP contribution in [0.1, 0.15) is 63.1 Å². The van der Waals surface area contributed by atoms with Crippen LogP contribution in [0, 0.1) is 12.8 Å². The molecular weight excluding hydrogens is 512 g/mol. The minimum atomic E-state index is -0.707. The highest BCUT2D eigenvalue weighted by molar-refractivity contribution is 7.99. The number of halogens is 1. The van der Waals surface area contributed by atoms with Gasteiger partial charge in [0, 0.05) is 35.3 Å². The van der Waals surface area contributed by atoms with Crippen molar-refractivity contribution < 1.29 is 14.6 Å². The molecule has 1 aliphatic heterocycles. The van der Waals surface area contributed by atoms with Gasteiger partial charge in [-0.15, -0.1) is 5.10 Å². The number of aliphatic hydroxyl groups excluding tert-OH is 1. The predicted octanol–water partition coefficient (Wildman–Crippen LogP) is 4.73. The second kappa shape index (κ2) is 9.64. The average molecular weight is 545 g/mol. The number of hydrogen-bond donors (Lipinski definition) is 2. The third-order valence-electron chi connectivity index (χ3n) is 7.58. The summed E-state index contributed by atoms with van der Waals surface area (Å²) in [6.45, 7) is 8.02. The topological polar surface area (TPSA) is 107 Å². The Morgan fingerprint density at radius 1 is 1.22 bits per heavy atom. The fraction of sp³-hybridized carbons (Fsp3) is 0.615. The zero-order valence-electron chi connectivity index (χ0n) is 21.5. The Hall–Kier alpha value is -1.98. The summed E-state index contributed by atoms with van der Waals surface area (Å²) >= 11 is 8.02. The summed E-state index contributed by atoms with van der Waals surface area (Å²) in [4.78, 5) is 9.72. The lowest BCUT2D eigenvalue weighted by molar-refractivity contribution is -0.162. The summed E-state index contributed by atoms with van der Waals surface area (Å²) in [6, 6.07) is 6.40. The van der Waals surface area contributed by atoms with Gasteiger partial charge >= 0.3 is 0 Å². The molecule has 9 nitrogen and oxygen atoms in total. The monoisotopic (exact) mass is 544 g/mol. The molecule has 11 heteroatoms. The second-order valence-electron chi connectivity index (χ2n) is 10.8. The smallest absolute Gasteiger partial charge is 0.191 e. The van der Waals surface area contributed by atoms with E-state index >= 15 is 0 Å². The summed E-state index contributed by atoms with van der Waals surface area (Å²) < 4.78 is 14.3. The molecule has 0 spiro atoms. The molecule has 2 aliphatic carbocycles. The van der Waals surface area contributed by atoms with Gasteiger partial charge in [-0.25, -0.2) is 14.6 Å². The number of nitrogens with one attached hydrogen (secondary N) is 1. The fourth-order valence-corrected chi connectivity index (χ4v) is 6.49. The molecule has 0 amide bonds. The highest BCUT2D eigenvalue weighted by atomic mass is 35.5. The summed E-state index contributed by atoms with van der Waals surface area (Å²) in [5.41, 5.74) is 3.65. The number of thioether (sulfide) groups is 1. The molecule has 198 valence electrons. The maximum Gasteiger partial charge on any atom is 0.191 e. The number of aromatic nitrogens is 5. The number of benzene rings is 1. The first-order valence-electron chi connectivity index (χ1n) is 13.0. The van der Waals surface area contributed by atoms with Gasteiger partial charge in [0.25, 0.3) is 0 Å². The van der Waals surface area contributed by atoms with Crippen LogP contribution in [-0.2, 0) is 9.47 Å². The number of rotatable bonds is 8. The molecular formula is C26H33ClN6O3S. The van der Waals surface area contributed by atoms with Crippen LogP contribution in [0.15, 0.2) is 23.4 Å². The van der Waals surface area contributed by atoms with Gasteiger partial charge in [0.2, 0.25) is 0 Å². The lowest BCUT2D eigenvalue weighted by Gasteiger charge is -2.23. The van der Waals surface area contributed by atoms with E-state index in [4.69, 9.17) is 31.0 Å². The quantitative estimate of drug-likeness (QED) is 0.307. The first-order valence-corrected chi connectivity index (χ1v) is 14.4. The van der Waals surface area contributed by atoms with E-state index < -0.39 is 5.79 Å². The summed E-state index contributed by atoms with van der Waals surface area (Å²) in [5.74, 6) is 1.26. The molecule has 3 aliphatic rings. The molecule has 2 N–H and O–H groups in total. The van der Waals surface area contributed by atoms with Crippen molar-refractivity contribution in [1.29, 1.82) is 0 Å². The van der Waals surface area contributed by atoms with E-state index in [1.54, 1.807) is 11.8 Å². The van der Waals surface area contributed by atoms with Crippen molar-refractivity contribution in [3.05, 3.63) is 34.3 Å².